The lowest BCUT2D eigenvalue weighted by atomic mass is 9.89. The third-order valence-electron chi connectivity index (χ3n) is 5.06. The molecule has 0 N–H and O–H groups in total. The van der Waals surface area contributed by atoms with E-state index in [2.05, 4.69) is 59.5 Å². The van der Waals surface area contributed by atoms with Gasteiger partial charge >= 0.3 is 0 Å². The molecule has 0 amide bonds. The molecule has 0 aliphatic carbocycles. The first-order valence-electron chi connectivity index (χ1n) is 9.00. The maximum atomic E-state index is 4.75. The van der Waals surface area contributed by atoms with Gasteiger partial charge in [-0.15, -0.1) is 11.3 Å². The Morgan fingerprint density at radius 2 is 1.71 bits per heavy atom. The van der Waals surface area contributed by atoms with Crippen molar-refractivity contribution >= 4 is 21.6 Å². The van der Waals surface area contributed by atoms with Gasteiger partial charge in [0.05, 0.1) is 15.2 Å². The molecule has 1 aromatic heterocycles. The Morgan fingerprint density at radius 3 is 2.50 bits per heavy atom. The molecule has 0 saturated carbocycles. The zero-order valence-electron chi connectivity index (χ0n) is 14.0. The van der Waals surface area contributed by atoms with Crippen molar-refractivity contribution in [1.82, 2.24) is 9.88 Å². The minimum atomic E-state index is 0.756. The van der Waals surface area contributed by atoms with Crippen LogP contribution in [-0.2, 0) is 6.42 Å². The molecule has 24 heavy (non-hydrogen) atoms. The fourth-order valence-corrected chi connectivity index (χ4v) is 4.70. The van der Waals surface area contributed by atoms with Crippen molar-refractivity contribution in [3.63, 3.8) is 0 Å². The summed E-state index contributed by atoms with van der Waals surface area (Å²) in [4.78, 5) is 7.38. The predicted molar refractivity (Wildman–Crippen MR) is 103 cm³/mol. The normalized spacial score (nSPS) is 16.7. The fourth-order valence-electron chi connectivity index (χ4n) is 3.70. The molecule has 124 valence electrons. The molecule has 2 nitrogen and oxygen atoms in total. The van der Waals surface area contributed by atoms with E-state index in [1.54, 1.807) is 0 Å². The first kappa shape index (κ1) is 15.8. The summed E-state index contributed by atoms with van der Waals surface area (Å²) < 4.78 is 1.32. The monoisotopic (exact) mass is 336 g/mol. The van der Waals surface area contributed by atoms with Gasteiger partial charge in [-0.25, -0.2) is 4.98 Å². The van der Waals surface area contributed by atoms with Crippen LogP contribution in [0.1, 0.15) is 35.8 Å². The number of piperidine rings is 1. The smallest absolute Gasteiger partial charge is 0.0939 e. The molecule has 0 atom stereocenters. The number of hydrogen-bond donors (Lipinski definition) is 0. The van der Waals surface area contributed by atoms with Crippen LogP contribution >= 0.6 is 11.3 Å². The van der Waals surface area contributed by atoms with Gasteiger partial charge in [0, 0.05) is 6.42 Å². The summed E-state index contributed by atoms with van der Waals surface area (Å²) in [7, 11) is 0. The Morgan fingerprint density at radius 1 is 0.958 bits per heavy atom. The van der Waals surface area contributed by atoms with E-state index in [9.17, 15) is 0 Å². The number of aromatic nitrogens is 1. The number of nitrogens with zero attached hydrogens (tertiary/aromatic N) is 2. The maximum Gasteiger partial charge on any atom is 0.0939 e. The van der Waals surface area contributed by atoms with E-state index in [0.717, 1.165) is 17.9 Å². The third kappa shape index (κ3) is 3.68. The lowest BCUT2D eigenvalue weighted by Crippen LogP contribution is -2.33. The second-order valence-electron chi connectivity index (χ2n) is 6.71. The van der Waals surface area contributed by atoms with E-state index in [1.807, 2.05) is 11.3 Å². The highest BCUT2D eigenvalue weighted by Gasteiger charge is 2.20. The Bertz CT molecular complexity index is 740. The highest BCUT2D eigenvalue weighted by molar-refractivity contribution is 7.18. The largest absolute Gasteiger partial charge is 0.303 e. The molecule has 2 heterocycles. The van der Waals surface area contributed by atoms with Gasteiger partial charge in [0.25, 0.3) is 0 Å². The van der Waals surface area contributed by atoms with Crippen LogP contribution in [0.2, 0.25) is 0 Å². The van der Waals surface area contributed by atoms with Crippen LogP contribution in [0, 0.1) is 0 Å². The van der Waals surface area contributed by atoms with Gasteiger partial charge in [0.1, 0.15) is 0 Å². The Balaban J connectivity index is 1.24. The van der Waals surface area contributed by atoms with Crippen LogP contribution < -0.4 is 0 Å². The Kier molecular flexibility index (Phi) is 4.91. The number of benzene rings is 2. The van der Waals surface area contributed by atoms with E-state index in [4.69, 9.17) is 4.98 Å². The number of hydrogen-bond acceptors (Lipinski definition) is 3. The van der Waals surface area contributed by atoms with Crippen LogP contribution in [0.15, 0.2) is 54.6 Å². The quantitative estimate of drug-likeness (QED) is 0.644. The number of para-hydroxylation sites is 1. The molecule has 3 heteroatoms. The molecule has 0 bridgehead atoms. The molecular weight excluding hydrogens is 312 g/mol. The van der Waals surface area contributed by atoms with Crippen LogP contribution in [0.3, 0.4) is 0 Å². The lowest BCUT2D eigenvalue weighted by Gasteiger charge is -2.32. The second-order valence-corrected chi connectivity index (χ2v) is 7.82. The zero-order valence-corrected chi connectivity index (χ0v) is 14.8. The van der Waals surface area contributed by atoms with Gasteiger partial charge in [0.15, 0.2) is 0 Å². The minimum Gasteiger partial charge on any atom is -0.303 e. The van der Waals surface area contributed by atoms with Crippen LogP contribution in [-0.4, -0.2) is 29.5 Å². The molecule has 3 aromatic rings. The molecular formula is C21H24N2S. The van der Waals surface area contributed by atoms with Crippen molar-refractivity contribution < 1.29 is 0 Å². The van der Waals surface area contributed by atoms with Gasteiger partial charge in [-0.2, -0.15) is 0 Å². The summed E-state index contributed by atoms with van der Waals surface area (Å²) in [6, 6.07) is 19.5. The zero-order chi connectivity index (χ0) is 16.2. The van der Waals surface area contributed by atoms with Crippen molar-refractivity contribution in [2.45, 2.75) is 31.6 Å². The summed E-state index contributed by atoms with van der Waals surface area (Å²) in [5.41, 5.74) is 2.67. The van der Waals surface area contributed by atoms with E-state index in [1.165, 1.54) is 54.2 Å². The molecule has 0 unspecified atom stereocenters. The topological polar surface area (TPSA) is 16.1 Å². The molecule has 0 radical (unpaired) electrons. The number of rotatable bonds is 5. The molecule has 1 fully saturated rings. The second kappa shape index (κ2) is 7.45. The molecule has 1 aliphatic rings. The first-order valence-corrected chi connectivity index (χ1v) is 9.82. The van der Waals surface area contributed by atoms with Crippen molar-refractivity contribution in [3.8, 4) is 0 Å². The molecule has 1 saturated heterocycles. The summed E-state index contributed by atoms with van der Waals surface area (Å²) in [5.74, 6) is 0.756. The highest BCUT2D eigenvalue weighted by Crippen LogP contribution is 2.28. The van der Waals surface area contributed by atoms with Crippen molar-refractivity contribution in [3.05, 3.63) is 65.2 Å². The van der Waals surface area contributed by atoms with Crippen LogP contribution in [0.25, 0.3) is 10.2 Å². The van der Waals surface area contributed by atoms with Gasteiger partial charge in [-0.1, -0.05) is 42.5 Å². The van der Waals surface area contributed by atoms with E-state index in [-0.39, 0.29) is 0 Å². The Hall–Kier alpha value is -1.71. The summed E-state index contributed by atoms with van der Waals surface area (Å²) in [5, 5.41) is 1.29. The summed E-state index contributed by atoms with van der Waals surface area (Å²) in [6.07, 6.45) is 4.92. The Labute approximate surface area is 148 Å². The number of likely N-dealkylation sites (tertiary alicyclic amines) is 1. The van der Waals surface area contributed by atoms with Crippen molar-refractivity contribution in [2.75, 3.05) is 19.6 Å². The van der Waals surface area contributed by atoms with Gasteiger partial charge in [-0.3, -0.25) is 0 Å². The van der Waals surface area contributed by atoms with Crippen LogP contribution in [0.5, 0.6) is 0 Å². The van der Waals surface area contributed by atoms with Crippen LogP contribution in [0.4, 0.5) is 0 Å². The minimum absolute atomic E-state index is 0.756. The van der Waals surface area contributed by atoms with E-state index in [0.29, 0.717) is 0 Å². The average molecular weight is 337 g/mol. The van der Waals surface area contributed by atoms with Crippen molar-refractivity contribution in [2.24, 2.45) is 0 Å². The van der Waals surface area contributed by atoms with E-state index >= 15 is 0 Å². The lowest BCUT2D eigenvalue weighted by molar-refractivity contribution is 0.210. The molecule has 2 aromatic carbocycles. The summed E-state index contributed by atoms with van der Waals surface area (Å²) >= 11 is 1.85. The van der Waals surface area contributed by atoms with Gasteiger partial charge < -0.3 is 4.90 Å². The molecule has 1 aliphatic heterocycles. The van der Waals surface area contributed by atoms with E-state index < -0.39 is 0 Å². The molecule has 4 rings (SSSR count). The fraction of sp³-hybridized carbons (Fsp3) is 0.381. The third-order valence-corrected chi connectivity index (χ3v) is 6.16. The SMILES string of the molecule is c1ccc(C2CCN(CCCc3nc4ccccc4s3)CC2)cc1. The average Bonchev–Trinajstić information content (AvgIpc) is 3.06. The number of fused-ring (bicyclic) bond motifs is 1. The molecule has 0 spiro atoms. The van der Waals surface area contributed by atoms with Gasteiger partial charge in [0.2, 0.25) is 0 Å². The highest BCUT2D eigenvalue weighted by atomic mass is 32.1. The van der Waals surface area contributed by atoms with Gasteiger partial charge in [-0.05, 0) is 62.5 Å². The number of thiazole rings is 1. The summed E-state index contributed by atoms with van der Waals surface area (Å²) in [6.45, 7) is 3.68. The number of aryl methyl sites for hydroxylation is 1. The first-order chi connectivity index (χ1) is 11.9. The van der Waals surface area contributed by atoms with Crippen molar-refractivity contribution in [1.29, 1.82) is 0 Å². The standard InChI is InChI=1S/C21H24N2S/c1-2-7-17(8-3-1)18-12-15-23(16-13-18)14-6-11-21-22-19-9-4-5-10-20(19)24-21/h1-5,7-10,18H,6,11-16H2. The predicted octanol–water partition coefficient (Wildman–Crippen LogP) is 5.11. The maximum absolute atomic E-state index is 4.75.